The molecule has 0 aliphatic carbocycles. The Morgan fingerprint density at radius 3 is 2.92 bits per heavy atom. The number of rotatable bonds is 1. The topological polar surface area (TPSA) is 13.1 Å². The number of alkyl halides is 1. The Labute approximate surface area is 77.3 Å². The van der Waals surface area contributed by atoms with Crippen LogP contribution < -0.4 is 0 Å². The van der Waals surface area contributed by atoms with E-state index in [1.165, 1.54) is 0 Å². The highest BCUT2D eigenvalue weighted by Crippen LogP contribution is 2.27. The highest BCUT2D eigenvalue weighted by molar-refractivity contribution is 9.10. The van der Waals surface area contributed by atoms with E-state index < -0.39 is 6.67 Å². The zero-order chi connectivity index (χ0) is 8.55. The lowest BCUT2D eigenvalue weighted by molar-refractivity contribution is 0.407. The summed E-state index contributed by atoms with van der Waals surface area (Å²) >= 11 is 3.36. The molecule has 0 aliphatic rings. The Morgan fingerprint density at radius 2 is 2.25 bits per heavy atom. The summed E-state index contributed by atoms with van der Waals surface area (Å²) in [6, 6.07) is 7.29. The summed E-state index contributed by atoms with van der Waals surface area (Å²) in [6.45, 7) is -0.554. The van der Waals surface area contributed by atoms with Crippen LogP contribution in [0.4, 0.5) is 4.39 Å². The summed E-state index contributed by atoms with van der Waals surface area (Å²) < 4.78 is 18.3. The Bertz CT molecular complexity index is 408. The van der Waals surface area contributed by atoms with Crippen LogP contribution in [0.1, 0.15) is 5.76 Å². The van der Waals surface area contributed by atoms with Crippen LogP contribution in [-0.2, 0) is 6.67 Å². The number of benzene rings is 1. The van der Waals surface area contributed by atoms with Crippen molar-refractivity contribution in [2.75, 3.05) is 0 Å². The van der Waals surface area contributed by atoms with Crippen molar-refractivity contribution in [2.45, 2.75) is 6.67 Å². The van der Waals surface area contributed by atoms with Gasteiger partial charge in [-0.2, -0.15) is 0 Å². The zero-order valence-corrected chi connectivity index (χ0v) is 7.77. The van der Waals surface area contributed by atoms with Crippen LogP contribution in [-0.4, -0.2) is 0 Å². The molecule has 0 unspecified atom stereocenters. The summed E-state index contributed by atoms with van der Waals surface area (Å²) in [5.41, 5.74) is 0.719. The quantitative estimate of drug-likeness (QED) is 0.727. The van der Waals surface area contributed by atoms with E-state index in [0.717, 1.165) is 15.4 Å². The molecule has 62 valence electrons. The first-order valence-electron chi connectivity index (χ1n) is 3.54. The molecular formula is C9H6BrFO. The second kappa shape index (κ2) is 2.90. The van der Waals surface area contributed by atoms with Crippen LogP contribution in [0.3, 0.4) is 0 Å². The van der Waals surface area contributed by atoms with Crippen molar-refractivity contribution in [3.63, 3.8) is 0 Å². The third kappa shape index (κ3) is 1.14. The number of hydrogen-bond donors (Lipinski definition) is 0. The average molecular weight is 229 g/mol. The lowest BCUT2D eigenvalue weighted by Crippen LogP contribution is -1.65. The van der Waals surface area contributed by atoms with Gasteiger partial charge >= 0.3 is 0 Å². The lowest BCUT2D eigenvalue weighted by atomic mass is 10.2. The third-order valence-corrected chi connectivity index (χ3v) is 2.38. The van der Waals surface area contributed by atoms with Crippen LogP contribution in [0.25, 0.3) is 11.0 Å². The molecular weight excluding hydrogens is 223 g/mol. The molecule has 1 heterocycles. The fourth-order valence-electron chi connectivity index (χ4n) is 1.14. The second-order valence-corrected chi connectivity index (χ2v) is 3.35. The van der Waals surface area contributed by atoms with Gasteiger partial charge in [0, 0.05) is 9.86 Å². The van der Waals surface area contributed by atoms with Gasteiger partial charge in [0.05, 0.1) is 0 Å². The summed E-state index contributed by atoms with van der Waals surface area (Å²) in [7, 11) is 0. The molecule has 1 aromatic carbocycles. The third-order valence-electron chi connectivity index (χ3n) is 1.69. The van der Waals surface area contributed by atoms with Crippen molar-refractivity contribution in [1.29, 1.82) is 0 Å². The van der Waals surface area contributed by atoms with Gasteiger partial charge in [-0.3, -0.25) is 0 Å². The molecule has 0 N–H and O–H groups in total. The van der Waals surface area contributed by atoms with E-state index in [9.17, 15) is 4.39 Å². The Kier molecular flexibility index (Phi) is 1.89. The fourth-order valence-corrected chi connectivity index (χ4v) is 1.61. The molecule has 3 heteroatoms. The van der Waals surface area contributed by atoms with Crippen molar-refractivity contribution in [3.05, 3.63) is 34.5 Å². The molecule has 0 bridgehead atoms. The molecule has 0 saturated carbocycles. The van der Waals surface area contributed by atoms with Crippen LogP contribution in [0.15, 0.2) is 33.2 Å². The number of hydrogen-bond acceptors (Lipinski definition) is 1. The molecule has 0 spiro atoms. The smallest absolute Gasteiger partial charge is 0.147 e. The van der Waals surface area contributed by atoms with Crippen LogP contribution in [0.5, 0.6) is 0 Å². The standard InChI is InChI=1S/C9H6BrFO/c10-8-2-1-3-9-7(8)4-6(5-11)12-9/h1-4H,5H2. The predicted molar refractivity (Wildman–Crippen MR) is 48.7 cm³/mol. The summed E-state index contributed by atoms with van der Waals surface area (Å²) in [6.07, 6.45) is 0. The first kappa shape index (κ1) is 7.80. The van der Waals surface area contributed by atoms with Crippen molar-refractivity contribution in [2.24, 2.45) is 0 Å². The molecule has 1 nitrogen and oxygen atoms in total. The van der Waals surface area contributed by atoms with Crippen LogP contribution in [0.2, 0.25) is 0 Å². The minimum absolute atomic E-state index is 0.372. The SMILES string of the molecule is FCc1cc2c(Br)cccc2o1. The molecule has 0 aliphatic heterocycles. The zero-order valence-electron chi connectivity index (χ0n) is 6.18. The van der Waals surface area contributed by atoms with E-state index in [-0.39, 0.29) is 0 Å². The normalized spacial score (nSPS) is 10.8. The molecule has 0 atom stereocenters. The van der Waals surface area contributed by atoms with E-state index in [4.69, 9.17) is 4.42 Å². The number of fused-ring (bicyclic) bond motifs is 1. The van der Waals surface area contributed by atoms with Crippen LogP contribution >= 0.6 is 15.9 Å². The summed E-state index contributed by atoms with van der Waals surface area (Å²) in [5.74, 6) is 0.372. The maximum Gasteiger partial charge on any atom is 0.147 e. The highest BCUT2D eigenvalue weighted by Gasteiger charge is 2.04. The largest absolute Gasteiger partial charge is 0.458 e. The van der Waals surface area contributed by atoms with Gasteiger partial charge in [0.25, 0.3) is 0 Å². The minimum Gasteiger partial charge on any atom is -0.458 e. The molecule has 0 saturated heterocycles. The molecule has 2 aromatic rings. The van der Waals surface area contributed by atoms with Gasteiger partial charge < -0.3 is 4.42 Å². The monoisotopic (exact) mass is 228 g/mol. The summed E-state index contributed by atoms with van der Waals surface area (Å²) in [4.78, 5) is 0. The maximum atomic E-state index is 12.2. The predicted octanol–water partition coefficient (Wildman–Crippen LogP) is 3.66. The number of halogens is 2. The first-order valence-corrected chi connectivity index (χ1v) is 4.33. The average Bonchev–Trinajstić information content (AvgIpc) is 2.49. The first-order chi connectivity index (χ1) is 5.81. The number of furan rings is 1. The molecule has 2 rings (SSSR count). The van der Waals surface area contributed by atoms with Gasteiger partial charge in [-0.25, -0.2) is 4.39 Å². The summed E-state index contributed by atoms with van der Waals surface area (Å²) in [5, 5.41) is 0.921. The van der Waals surface area contributed by atoms with Gasteiger partial charge in [-0.15, -0.1) is 0 Å². The second-order valence-electron chi connectivity index (χ2n) is 2.50. The lowest BCUT2D eigenvalue weighted by Gasteiger charge is -1.88. The molecule has 0 amide bonds. The van der Waals surface area contributed by atoms with Crippen molar-refractivity contribution < 1.29 is 8.81 Å². The molecule has 0 fully saturated rings. The Balaban J connectivity index is 2.74. The molecule has 1 aromatic heterocycles. The van der Waals surface area contributed by atoms with Gasteiger partial charge in [0.2, 0.25) is 0 Å². The Hall–Kier alpha value is -0.830. The van der Waals surface area contributed by atoms with E-state index in [2.05, 4.69) is 15.9 Å². The maximum absolute atomic E-state index is 12.2. The van der Waals surface area contributed by atoms with Crippen LogP contribution in [0, 0.1) is 0 Å². The van der Waals surface area contributed by atoms with Gasteiger partial charge in [-0.05, 0) is 18.2 Å². The molecule has 0 radical (unpaired) electrons. The highest BCUT2D eigenvalue weighted by atomic mass is 79.9. The van der Waals surface area contributed by atoms with E-state index in [1.54, 1.807) is 6.07 Å². The Morgan fingerprint density at radius 1 is 1.42 bits per heavy atom. The van der Waals surface area contributed by atoms with Gasteiger partial charge in [0.1, 0.15) is 18.0 Å². The van der Waals surface area contributed by atoms with Gasteiger partial charge in [0.15, 0.2) is 0 Å². The van der Waals surface area contributed by atoms with Crippen molar-refractivity contribution >= 4 is 26.9 Å². The fraction of sp³-hybridized carbons (Fsp3) is 0.111. The van der Waals surface area contributed by atoms with Gasteiger partial charge in [-0.1, -0.05) is 22.0 Å². The van der Waals surface area contributed by atoms with Crippen molar-refractivity contribution in [1.82, 2.24) is 0 Å². The molecule has 12 heavy (non-hydrogen) atoms. The van der Waals surface area contributed by atoms with Crippen molar-refractivity contribution in [3.8, 4) is 0 Å². The van der Waals surface area contributed by atoms with E-state index in [0.29, 0.717) is 5.76 Å². The van der Waals surface area contributed by atoms with E-state index >= 15 is 0 Å². The minimum atomic E-state index is -0.554. The van der Waals surface area contributed by atoms with E-state index in [1.807, 2.05) is 18.2 Å².